The Morgan fingerprint density at radius 1 is 1.43 bits per heavy atom. The van der Waals surface area contributed by atoms with E-state index in [1.54, 1.807) is 11.3 Å². The lowest BCUT2D eigenvalue weighted by Gasteiger charge is -2.33. The monoisotopic (exact) mass is 334 g/mol. The van der Waals surface area contributed by atoms with E-state index in [2.05, 4.69) is 17.1 Å². The van der Waals surface area contributed by atoms with Gasteiger partial charge in [-0.2, -0.15) is 0 Å². The minimum Gasteiger partial charge on any atom is -0.464 e. The molecular formula is C17H22N2O3S. The first-order valence-corrected chi connectivity index (χ1v) is 8.83. The fourth-order valence-corrected chi connectivity index (χ4v) is 3.34. The van der Waals surface area contributed by atoms with Gasteiger partial charge in [-0.25, -0.2) is 0 Å². The Labute approximate surface area is 140 Å². The number of ether oxygens (including phenoxy) is 1. The van der Waals surface area contributed by atoms with Gasteiger partial charge in [-0.05, 0) is 23.6 Å². The van der Waals surface area contributed by atoms with Crippen molar-refractivity contribution in [3.63, 3.8) is 0 Å². The summed E-state index contributed by atoms with van der Waals surface area (Å²) in [6, 6.07) is 8.02. The van der Waals surface area contributed by atoms with Crippen molar-refractivity contribution in [2.24, 2.45) is 0 Å². The summed E-state index contributed by atoms with van der Waals surface area (Å²) in [6.07, 6.45) is 0.870. The summed E-state index contributed by atoms with van der Waals surface area (Å²) < 4.78 is 11.4. The van der Waals surface area contributed by atoms with Crippen LogP contribution in [0.1, 0.15) is 29.4 Å². The first-order valence-electron chi connectivity index (χ1n) is 7.95. The maximum atomic E-state index is 12.2. The molecule has 0 aromatic carbocycles. The third kappa shape index (κ3) is 4.22. The van der Waals surface area contributed by atoms with Gasteiger partial charge in [-0.15, -0.1) is 11.3 Å². The fraction of sp³-hybridized carbons (Fsp3) is 0.471. The number of carbonyl (C=O) groups is 1. The highest BCUT2D eigenvalue weighted by Gasteiger charge is 2.28. The van der Waals surface area contributed by atoms with Crippen molar-refractivity contribution in [2.75, 3.05) is 26.3 Å². The number of hydrogen-bond acceptors (Lipinski definition) is 5. The lowest BCUT2D eigenvalue weighted by molar-refractivity contribution is -0.125. The van der Waals surface area contributed by atoms with Crippen LogP contribution >= 0.6 is 11.3 Å². The average Bonchev–Trinajstić information content (AvgIpc) is 3.25. The Bertz CT molecular complexity index is 624. The zero-order chi connectivity index (χ0) is 16.1. The molecule has 0 radical (unpaired) electrons. The molecule has 3 heterocycles. The van der Waals surface area contributed by atoms with Crippen molar-refractivity contribution < 1.29 is 13.9 Å². The normalized spacial score (nSPS) is 18.9. The molecule has 1 saturated heterocycles. The van der Waals surface area contributed by atoms with E-state index >= 15 is 0 Å². The van der Waals surface area contributed by atoms with Gasteiger partial charge in [0, 0.05) is 17.8 Å². The van der Waals surface area contributed by atoms with Crippen LogP contribution in [0.5, 0.6) is 0 Å². The predicted molar refractivity (Wildman–Crippen MR) is 89.4 cm³/mol. The summed E-state index contributed by atoms with van der Waals surface area (Å²) in [6.45, 7) is 4.97. The lowest BCUT2D eigenvalue weighted by atomic mass is 10.1. The van der Waals surface area contributed by atoms with E-state index in [0.29, 0.717) is 26.3 Å². The number of thiophene rings is 1. The number of morpholine rings is 1. The zero-order valence-corrected chi connectivity index (χ0v) is 14.1. The van der Waals surface area contributed by atoms with Crippen molar-refractivity contribution in [3.05, 3.63) is 46.0 Å². The van der Waals surface area contributed by atoms with Crippen LogP contribution < -0.4 is 5.32 Å². The highest BCUT2D eigenvalue weighted by Crippen LogP contribution is 2.25. The minimum absolute atomic E-state index is 0.0107. The van der Waals surface area contributed by atoms with Crippen molar-refractivity contribution in [3.8, 4) is 0 Å². The molecule has 1 atom stereocenters. The molecule has 1 amide bonds. The Kier molecular flexibility index (Phi) is 5.48. The van der Waals surface area contributed by atoms with E-state index in [1.165, 1.54) is 0 Å². The highest BCUT2D eigenvalue weighted by molar-refractivity contribution is 7.09. The van der Waals surface area contributed by atoms with E-state index in [9.17, 15) is 4.79 Å². The molecule has 0 spiro atoms. The van der Waals surface area contributed by atoms with Gasteiger partial charge in [-0.3, -0.25) is 9.69 Å². The third-order valence-electron chi connectivity index (χ3n) is 3.99. The number of carbonyl (C=O) groups excluding carboxylic acids is 1. The van der Waals surface area contributed by atoms with E-state index in [4.69, 9.17) is 9.15 Å². The molecule has 0 saturated carbocycles. The SMILES string of the molecule is CCc1ccc([C@H]2COCCN2CC(=O)NCc2cccs2)o1. The summed E-state index contributed by atoms with van der Waals surface area (Å²) in [5, 5.41) is 4.99. The van der Waals surface area contributed by atoms with Crippen LogP contribution in [-0.4, -0.2) is 37.1 Å². The van der Waals surface area contributed by atoms with Crippen LogP contribution in [0, 0.1) is 0 Å². The number of nitrogens with zero attached hydrogens (tertiary/aromatic N) is 1. The molecule has 1 N–H and O–H groups in total. The van der Waals surface area contributed by atoms with Gasteiger partial charge in [-0.1, -0.05) is 13.0 Å². The molecule has 0 aliphatic carbocycles. The zero-order valence-electron chi connectivity index (χ0n) is 13.3. The van der Waals surface area contributed by atoms with Crippen LogP contribution in [0.3, 0.4) is 0 Å². The second kappa shape index (κ2) is 7.77. The van der Waals surface area contributed by atoms with Crippen LogP contribution in [0.4, 0.5) is 0 Å². The van der Waals surface area contributed by atoms with Crippen LogP contribution in [0.2, 0.25) is 0 Å². The number of aryl methyl sites for hydroxylation is 1. The molecule has 1 aliphatic rings. The van der Waals surface area contributed by atoms with Gasteiger partial charge in [0.25, 0.3) is 0 Å². The first kappa shape index (κ1) is 16.2. The smallest absolute Gasteiger partial charge is 0.234 e. The maximum Gasteiger partial charge on any atom is 0.234 e. The molecule has 3 rings (SSSR count). The van der Waals surface area contributed by atoms with E-state index in [1.807, 2.05) is 29.6 Å². The van der Waals surface area contributed by atoms with Crippen molar-refractivity contribution in [1.82, 2.24) is 10.2 Å². The van der Waals surface area contributed by atoms with E-state index < -0.39 is 0 Å². The summed E-state index contributed by atoms with van der Waals surface area (Å²) in [5.74, 6) is 1.88. The Morgan fingerprint density at radius 2 is 2.35 bits per heavy atom. The topological polar surface area (TPSA) is 54.7 Å². The summed E-state index contributed by atoms with van der Waals surface area (Å²) in [4.78, 5) is 15.5. The molecule has 6 heteroatoms. The van der Waals surface area contributed by atoms with Gasteiger partial charge in [0.05, 0.1) is 32.3 Å². The van der Waals surface area contributed by atoms with E-state index in [-0.39, 0.29) is 11.9 Å². The fourth-order valence-electron chi connectivity index (χ4n) is 2.69. The molecule has 23 heavy (non-hydrogen) atoms. The van der Waals surface area contributed by atoms with Crippen LogP contribution in [0.25, 0.3) is 0 Å². The van der Waals surface area contributed by atoms with Crippen molar-refractivity contribution >= 4 is 17.2 Å². The number of hydrogen-bond donors (Lipinski definition) is 1. The first-order chi connectivity index (χ1) is 11.3. The summed E-state index contributed by atoms with van der Waals surface area (Å²) in [5.41, 5.74) is 0. The summed E-state index contributed by atoms with van der Waals surface area (Å²) in [7, 11) is 0. The minimum atomic E-state index is 0.0107. The number of amides is 1. The maximum absolute atomic E-state index is 12.2. The van der Waals surface area contributed by atoms with Crippen LogP contribution in [0.15, 0.2) is 34.1 Å². The largest absolute Gasteiger partial charge is 0.464 e. The highest BCUT2D eigenvalue weighted by atomic mass is 32.1. The number of rotatable bonds is 6. The van der Waals surface area contributed by atoms with Crippen molar-refractivity contribution in [2.45, 2.75) is 25.9 Å². The van der Waals surface area contributed by atoms with Gasteiger partial charge >= 0.3 is 0 Å². The second-order valence-electron chi connectivity index (χ2n) is 5.57. The standard InChI is InChI=1S/C17H22N2O3S/c1-2-13-5-6-16(22-13)15-12-21-8-7-19(15)11-17(20)18-10-14-4-3-9-23-14/h3-6,9,15H,2,7-8,10-12H2,1H3,(H,18,20)/t15-/m1/s1. The molecule has 1 fully saturated rings. The number of nitrogens with one attached hydrogen (secondary N) is 1. The molecule has 0 unspecified atom stereocenters. The van der Waals surface area contributed by atoms with Crippen molar-refractivity contribution in [1.29, 1.82) is 0 Å². The molecule has 5 nitrogen and oxygen atoms in total. The van der Waals surface area contributed by atoms with E-state index in [0.717, 1.165) is 29.4 Å². The summed E-state index contributed by atoms with van der Waals surface area (Å²) >= 11 is 1.65. The Morgan fingerprint density at radius 3 is 3.09 bits per heavy atom. The third-order valence-corrected chi connectivity index (χ3v) is 4.86. The lowest BCUT2D eigenvalue weighted by Crippen LogP contribution is -2.44. The molecule has 124 valence electrons. The van der Waals surface area contributed by atoms with Gasteiger partial charge in [0.15, 0.2) is 0 Å². The Balaban J connectivity index is 1.58. The quantitative estimate of drug-likeness (QED) is 0.882. The molecule has 1 aliphatic heterocycles. The van der Waals surface area contributed by atoms with Gasteiger partial charge in [0.1, 0.15) is 11.5 Å². The molecule has 0 bridgehead atoms. The van der Waals surface area contributed by atoms with Crippen LogP contribution in [-0.2, 0) is 22.5 Å². The molecule has 2 aromatic heterocycles. The molecular weight excluding hydrogens is 312 g/mol. The van der Waals surface area contributed by atoms with Gasteiger partial charge in [0.2, 0.25) is 5.91 Å². The van der Waals surface area contributed by atoms with Gasteiger partial charge < -0.3 is 14.5 Å². The second-order valence-corrected chi connectivity index (χ2v) is 6.61. The average molecular weight is 334 g/mol. The molecule has 2 aromatic rings. The Hall–Kier alpha value is -1.63. The predicted octanol–water partition coefficient (Wildman–Crippen LogP) is 2.59. The number of furan rings is 1.